The second-order valence-corrected chi connectivity index (χ2v) is 10.5. The molecule has 0 aromatic carbocycles. The number of nitrogens with one attached hydrogen (secondary N) is 1. The third-order valence-corrected chi connectivity index (χ3v) is 7.66. The molecule has 0 spiro atoms. The minimum atomic E-state index is -0.355. The van der Waals surface area contributed by atoms with Gasteiger partial charge in [-0.15, -0.1) is 0 Å². The molecule has 1 saturated carbocycles. The highest BCUT2D eigenvalue weighted by Crippen LogP contribution is 2.34. The second kappa shape index (κ2) is 12.6. The van der Waals surface area contributed by atoms with Crippen molar-refractivity contribution in [3.8, 4) is 0 Å². The van der Waals surface area contributed by atoms with Crippen LogP contribution < -0.4 is 5.32 Å². The molecule has 0 unspecified atom stereocenters. The second-order valence-electron chi connectivity index (χ2n) is 10.5. The summed E-state index contributed by atoms with van der Waals surface area (Å²) < 4.78 is 21.8. The molecule has 5 rings (SSSR count). The van der Waals surface area contributed by atoms with Crippen molar-refractivity contribution in [1.82, 2.24) is 24.8 Å². The van der Waals surface area contributed by atoms with Crippen LogP contribution in [0.25, 0.3) is 16.6 Å². The van der Waals surface area contributed by atoms with E-state index in [1.165, 1.54) is 25.1 Å². The number of fused-ring (bicyclic) bond motifs is 2. The van der Waals surface area contributed by atoms with E-state index in [4.69, 9.17) is 9.72 Å². The van der Waals surface area contributed by atoms with Gasteiger partial charge in [0.25, 0.3) is 0 Å². The third kappa shape index (κ3) is 6.29. The van der Waals surface area contributed by atoms with Gasteiger partial charge in [-0.25, -0.2) is 14.4 Å². The fourth-order valence-electron chi connectivity index (χ4n) is 5.64. The molecular formula is C30H38FN5O2. The predicted octanol–water partition coefficient (Wildman–Crippen LogP) is 5.93. The molecule has 0 saturated heterocycles. The largest absolute Gasteiger partial charge is 0.381 e. The molecule has 8 heteroatoms. The molecule has 0 bridgehead atoms. The van der Waals surface area contributed by atoms with E-state index < -0.39 is 0 Å². The fraction of sp³-hybridized carbons (Fsp3) is 0.533. The zero-order valence-corrected chi connectivity index (χ0v) is 22.3. The Hall–Kier alpha value is -3.13. The number of carbonyl (C=O) groups excluding carboxylic acids is 1. The van der Waals surface area contributed by atoms with Crippen LogP contribution in [0.4, 0.5) is 4.39 Å². The van der Waals surface area contributed by atoms with Crippen LogP contribution in [0.1, 0.15) is 94.3 Å². The lowest BCUT2D eigenvalue weighted by atomic mass is 9.90. The fourth-order valence-corrected chi connectivity index (χ4v) is 5.64. The average Bonchev–Trinajstić information content (AvgIpc) is 3.54. The number of rotatable bonds is 12. The minimum Gasteiger partial charge on any atom is -0.381 e. The lowest BCUT2D eigenvalue weighted by Gasteiger charge is -2.31. The van der Waals surface area contributed by atoms with E-state index in [9.17, 15) is 9.18 Å². The van der Waals surface area contributed by atoms with Crippen molar-refractivity contribution in [2.45, 2.75) is 89.6 Å². The van der Waals surface area contributed by atoms with Gasteiger partial charge in [-0.05, 0) is 57.1 Å². The maximum atomic E-state index is 13.9. The molecule has 1 amide bonds. The van der Waals surface area contributed by atoms with Gasteiger partial charge in [0, 0.05) is 67.1 Å². The molecule has 38 heavy (non-hydrogen) atoms. The SMILES string of the molecule is CCCCCOCCCCC(=O)N[C@H]1CCC[C@@H](n2ccc3cnc(C4=CCc5ncc(F)cc54)nc32)C1. The van der Waals surface area contributed by atoms with Crippen LogP contribution in [0.5, 0.6) is 0 Å². The summed E-state index contributed by atoms with van der Waals surface area (Å²) in [6, 6.07) is 3.99. The monoisotopic (exact) mass is 519 g/mol. The van der Waals surface area contributed by atoms with Crippen LogP contribution in [0.3, 0.4) is 0 Å². The zero-order valence-electron chi connectivity index (χ0n) is 22.3. The van der Waals surface area contributed by atoms with E-state index in [2.05, 4.69) is 33.0 Å². The molecule has 2 atom stereocenters. The highest BCUT2D eigenvalue weighted by molar-refractivity contribution is 5.84. The first kappa shape index (κ1) is 26.5. The summed E-state index contributed by atoms with van der Waals surface area (Å²) in [6.45, 7) is 3.75. The van der Waals surface area contributed by atoms with Crippen LogP contribution in [-0.2, 0) is 16.0 Å². The number of carbonyl (C=O) groups is 1. The smallest absolute Gasteiger partial charge is 0.220 e. The number of halogens is 1. The maximum Gasteiger partial charge on any atom is 0.220 e. The van der Waals surface area contributed by atoms with Gasteiger partial charge in [-0.1, -0.05) is 25.8 Å². The number of amides is 1. The number of hydrogen-bond acceptors (Lipinski definition) is 5. The standard InChI is InChI=1S/C30H38FN5O2/c1-2-3-5-15-38-16-6-4-10-28(37)34-23-8-7-9-24(18-23)36-14-13-21-19-33-29(35-30(21)36)25-11-12-27-26(25)17-22(31)20-32-27/h11,13-14,17,19-20,23-24H,2-10,12,15-16,18H2,1H3,(H,34,37)/t23-,24+/m0/s1. The molecule has 0 radical (unpaired) electrons. The maximum absolute atomic E-state index is 13.9. The minimum absolute atomic E-state index is 0.135. The number of allylic oxidation sites excluding steroid dienone is 1. The lowest BCUT2D eigenvalue weighted by Crippen LogP contribution is -2.38. The first-order valence-corrected chi connectivity index (χ1v) is 14.2. The number of hydrogen-bond donors (Lipinski definition) is 1. The Balaban J connectivity index is 1.18. The first-order valence-electron chi connectivity index (χ1n) is 14.2. The summed E-state index contributed by atoms with van der Waals surface area (Å²) in [6.07, 6.45) is 17.7. The van der Waals surface area contributed by atoms with Crippen molar-refractivity contribution >= 4 is 22.5 Å². The normalized spacial score (nSPS) is 18.9. The molecule has 1 N–H and O–H groups in total. The van der Waals surface area contributed by atoms with Gasteiger partial charge in [0.05, 0.1) is 11.9 Å². The Morgan fingerprint density at radius 1 is 1.16 bits per heavy atom. The Morgan fingerprint density at radius 3 is 2.89 bits per heavy atom. The average molecular weight is 520 g/mol. The summed E-state index contributed by atoms with van der Waals surface area (Å²) in [5.41, 5.74) is 3.34. The molecule has 2 aliphatic carbocycles. The van der Waals surface area contributed by atoms with Gasteiger partial charge in [-0.3, -0.25) is 9.78 Å². The van der Waals surface area contributed by atoms with E-state index in [0.29, 0.717) is 18.7 Å². The Labute approximate surface area is 223 Å². The first-order chi connectivity index (χ1) is 18.6. The highest BCUT2D eigenvalue weighted by Gasteiger charge is 2.26. The van der Waals surface area contributed by atoms with Crippen molar-refractivity contribution in [2.24, 2.45) is 0 Å². The summed E-state index contributed by atoms with van der Waals surface area (Å²) in [7, 11) is 0. The van der Waals surface area contributed by atoms with E-state index in [0.717, 1.165) is 86.0 Å². The molecule has 1 fully saturated rings. The Morgan fingerprint density at radius 2 is 2.03 bits per heavy atom. The summed E-state index contributed by atoms with van der Waals surface area (Å²) in [5, 5.41) is 4.25. The van der Waals surface area contributed by atoms with Crippen molar-refractivity contribution in [1.29, 1.82) is 0 Å². The third-order valence-electron chi connectivity index (χ3n) is 7.66. The molecular weight excluding hydrogens is 481 g/mol. The number of aromatic nitrogens is 4. The van der Waals surface area contributed by atoms with Gasteiger partial charge in [0.2, 0.25) is 5.91 Å². The quantitative estimate of drug-likeness (QED) is 0.300. The van der Waals surface area contributed by atoms with Gasteiger partial charge in [0.1, 0.15) is 11.5 Å². The number of pyridine rings is 1. The van der Waals surface area contributed by atoms with Crippen molar-refractivity contribution in [3.05, 3.63) is 59.7 Å². The van der Waals surface area contributed by atoms with E-state index >= 15 is 0 Å². The van der Waals surface area contributed by atoms with E-state index in [1.807, 2.05) is 18.3 Å². The Kier molecular flexibility index (Phi) is 8.79. The number of nitrogens with zero attached hydrogens (tertiary/aromatic N) is 4. The summed E-state index contributed by atoms with van der Waals surface area (Å²) in [4.78, 5) is 26.3. The Bertz CT molecular complexity index is 1290. The zero-order chi connectivity index (χ0) is 26.3. The van der Waals surface area contributed by atoms with Crippen LogP contribution in [0, 0.1) is 5.82 Å². The molecule has 3 heterocycles. The molecule has 0 aliphatic heterocycles. The van der Waals surface area contributed by atoms with Crippen LogP contribution in [0.2, 0.25) is 0 Å². The van der Waals surface area contributed by atoms with Crippen LogP contribution >= 0.6 is 0 Å². The molecule has 3 aromatic rings. The van der Waals surface area contributed by atoms with Crippen molar-refractivity contribution < 1.29 is 13.9 Å². The lowest BCUT2D eigenvalue weighted by molar-refractivity contribution is -0.122. The highest BCUT2D eigenvalue weighted by atomic mass is 19.1. The van der Waals surface area contributed by atoms with Crippen molar-refractivity contribution in [3.63, 3.8) is 0 Å². The van der Waals surface area contributed by atoms with Gasteiger partial charge < -0.3 is 14.6 Å². The number of unbranched alkanes of at least 4 members (excludes halogenated alkanes) is 3. The molecule has 202 valence electrons. The molecule has 7 nitrogen and oxygen atoms in total. The van der Waals surface area contributed by atoms with Gasteiger partial charge >= 0.3 is 0 Å². The molecule has 2 aliphatic rings. The van der Waals surface area contributed by atoms with Gasteiger partial charge in [-0.2, -0.15) is 0 Å². The van der Waals surface area contributed by atoms with E-state index in [1.54, 1.807) is 0 Å². The van der Waals surface area contributed by atoms with Gasteiger partial charge in [0.15, 0.2) is 5.82 Å². The number of ether oxygens (including phenoxy) is 1. The topological polar surface area (TPSA) is 81.9 Å². The van der Waals surface area contributed by atoms with Crippen LogP contribution in [0.15, 0.2) is 36.8 Å². The predicted molar refractivity (Wildman–Crippen MR) is 146 cm³/mol. The van der Waals surface area contributed by atoms with Crippen LogP contribution in [-0.4, -0.2) is 44.7 Å². The van der Waals surface area contributed by atoms with Crippen molar-refractivity contribution in [2.75, 3.05) is 13.2 Å². The summed E-state index contributed by atoms with van der Waals surface area (Å²) in [5.74, 6) is 0.377. The van der Waals surface area contributed by atoms with E-state index in [-0.39, 0.29) is 23.8 Å². The summed E-state index contributed by atoms with van der Waals surface area (Å²) >= 11 is 0. The molecule has 3 aromatic heterocycles.